The Labute approximate surface area is 88.6 Å². The Hall–Kier alpha value is -0.220. The molecule has 1 saturated heterocycles. The Morgan fingerprint density at radius 3 is 2.86 bits per heavy atom. The van der Waals surface area contributed by atoms with Crippen molar-refractivity contribution in [3.05, 3.63) is 0 Å². The van der Waals surface area contributed by atoms with Crippen LogP contribution >= 0.6 is 11.8 Å². The average Bonchev–Trinajstić information content (AvgIpc) is 2.62. The Morgan fingerprint density at radius 1 is 1.50 bits per heavy atom. The van der Waals surface area contributed by atoms with Crippen molar-refractivity contribution in [1.82, 2.24) is 5.32 Å². The average molecular weight is 215 g/mol. The van der Waals surface area contributed by atoms with Crippen molar-refractivity contribution in [1.29, 1.82) is 0 Å². The number of aliphatic hydroxyl groups is 1. The number of carbonyl (C=O) groups is 1. The zero-order valence-corrected chi connectivity index (χ0v) is 9.05. The predicted molar refractivity (Wildman–Crippen MR) is 57.2 cm³/mol. The second kappa shape index (κ2) is 4.53. The minimum absolute atomic E-state index is 0.112. The Balaban J connectivity index is 1.62. The number of carbonyl (C=O) groups excluding carboxylic acids is 1. The first-order valence-electron chi connectivity index (χ1n) is 5.29. The number of amides is 1. The first kappa shape index (κ1) is 10.3. The largest absolute Gasteiger partial charge is 0.393 e. The molecule has 1 aliphatic heterocycles. The first-order chi connectivity index (χ1) is 6.75. The highest BCUT2D eigenvalue weighted by molar-refractivity contribution is 7.99. The van der Waals surface area contributed by atoms with E-state index in [0.717, 1.165) is 37.3 Å². The van der Waals surface area contributed by atoms with E-state index in [9.17, 15) is 4.79 Å². The van der Waals surface area contributed by atoms with Crippen LogP contribution in [0.2, 0.25) is 0 Å². The molecule has 2 fully saturated rings. The van der Waals surface area contributed by atoms with Crippen LogP contribution in [0, 0.1) is 11.8 Å². The van der Waals surface area contributed by atoms with Crippen LogP contribution in [0.5, 0.6) is 0 Å². The molecule has 1 amide bonds. The third-order valence-electron chi connectivity index (χ3n) is 3.08. The Bertz CT molecular complexity index is 210. The molecule has 1 unspecified atom stereocenters. The minimum atomic E-state index is -0.112. The van der Waals surface area contributed by atoms with Gasteiger partial charge in [-0.1, -0.05) is 0 Å². The third-order valence-corrected chi connectivity index (χ3v) is 4.24. The lowest BCUT2D eigenvalue weighted by molar-refractivity contribution is -0.124. The highest BCUT2D eigenvalue weighted by Crippen LogP contribution is 2.27. The molecule has 1 atom stereocenters. The molecule has 1 aliphatic carbocycles. The van der Waals surface area contributed by atoms with Gasteiger partial charge in [-0.3, -0.25) is 4.79 Å². The smallest absolute Gasteiger partial charge is 0.223 e. The van der Waals surface area contributed by atoms with Crippen molar-refractivity contribution < 1.29 is 9.90 Å². The second-order valence-electron chi connectivity index (χ2n) is 4.30. The van der Waals surface area contributed by atoms with Crippen molar-refractivity contribution in [3.63, 3.8) is 0 Å². The molecule has 1 heterocycles. The van der Waals surface area contributed by atoms with Crippen LogP contribution in [0.3, 0.4) is 0 Å². The van der Waals surface area contributed by atoms with E-state index in [1.54, 1.807) is 0 Å². The van der Waals surface area contributed by atoms with E-state index >= 15 is 0 Å². The normalized spacial score (nSPS) is 36.5. The fourth-order valence-electron chi connectivity index (χ4n) is 2.00. The summed E-state index contributed by atoms with van der Waals surface area (Å²) >= 11 is 1.86. The van der Waals surface area contributed by atoms with E-state index in [1.165, 1.54) is 0 Å². The van der Waals surface area contributed by atoms with Gasteiger partial charge in [0.2, 0.25) is 5.91 Å². The maximum atomic E-state index is 11.6. The Morgan fingerprint density at radius 2 is 2.29 bits per heavy atom. The summed E-state index contributed by atoms with van der Waals surface area (Å²) in [4.78, 5) is 11.6. The van der Waals surface area contributed by atoms with Crippen LogP contribution in [0.4, 0.5) is 0 Å². The fourth-order valence-corrected chi connectivity index (χ4v) is 3.22. The van der Waals surface area contributed by atoms with Gasteiger partial charge in [-0.15, -0.1) is 0 Å². The number of nitrogens with one attached hydrogen (secondary N) is 1. The number of rotatable bonds is 3. The van der Waals surface area contributed by atoms with Gasteiger partial charge in [-0.2, -0.15) is 11.8 Å². The lowest BCUT2D eigenvalue weighted by Gasteiger charge is -2.31. The van der Waals surface area contributed by atoms with Gasteiger partial charge >= 0.3 is 0 Å². The van der Waals surface area contributed by atoms with E-state index in [4.69, 9.17) is 5.11 Å². The summed E-state index contributed by atoms with van der Waals surface area (Å²) in [5.41, 5.74) is 0. The van der Waals surface area contributed by atoms with Crippen LogP contribution in [0.1, 0.15) is 19.3 Å². The zero-order chi connectivity index (χ0) is 9.97. The summed E-state index contributed by atoms with van der Waals surface area (Å²) in [5.74, 6) is 3.09. The van der Waals surface area contributed by atoms with Gasteiger partial charge < -0.3 is 10.4 Å². The molecule has 1 saturated carbocycles. The lowest BCUT2D eigenvalue weighted by Crippen LogP contribution is -2.40. The molecule has 3 nitrogen and oxygen atoms in total. The van der Waals surface area contributed by atoms with E-state index < -0.39 is 0 Å². The summed E-state index contributed by atoms with van der Waals surface area (Å²) < 4.78 is 0. The molecule has 0 bridgehead atoms. The second-order valence-corrected chi connectivity index (χ2v) is 5.45. The van der Waals surface area contributed by atoms with Crippen molar-refractivity contribution in [2.24, 2.45) is 11.8 Å². The highest BCUT2D eigenvalue weighted by Gasteiger charge is 2.29. The molecule has 80 valence electrons. The quantitative estimate of drug-likeness (QED) is 0.726. The van der Waals surface area contributed by atoms with Crippen LogP contribution < -0.4 is 5.32 Å². The molecule has 14 heavy (non-hydrogen) atoms. The summed E-state index contributed by atoms with van der Waals surface area (Å²) in [6.07, 6.45) is 2.64. The lowest BCUT2D eigenvalue weighted by atomic mass is 9.82. The predicted octanol–water partition coefficient (Wildman–Crippen LogP) is 0.627. The molecule has 0 radical (unpaired) electrons. The molecule has 2 N–H and O–H groups in total. The molecular weight excluding hydrogens is 198 g/mol. The zero-order valence-electron chi connectivity index (χ0n) is 8.24. The molecular formula is C10H17NO2S. The standard InChI is InChI=1S/C10H17NO2S/c12-9-3-7(4-9)5-11-10(13)8-1-2-14-6-8/h7-9,12H,1-6H2,(H,11,13). The van der Waals surface area contributed by atoms with E-state index in [0.29, 0.717) is 5.92 Å². The molecule has 0 aromatic rings. The van der Waals surface area contributed by atoms with E-state index in [2.05, 4.69) is 5.32 Å². The molecule has 2 aliphatic rings. The van der Waals surface area contributed by atoms with Gasteiger partial charge in [0.1, 0.15) is 0 Å². The molecule has 0 aromatic carbocycles. The molecule has 2 rings (SSSR count). The van der Waals surface area contributed by atoms with E-state index in [1.807, 2.05) is 11.8 Å². The van der Waals surface area contributed by atoms with Crippen LogP contribution in [-0.4, -0.2) is 35.2 Å². The van der Waals surface area contributed by atoms with Gasteiger partial charge in [-0.05, 0) is 30.9 Å². The summed E-state index contributed by atoms with van der Waals surface area (Å²) in [6.45, 7) is 0.761. The van der Waals surface area contributed by atoms with Crippen LogP contribution in [-0.2, 0) is 4.79 Å². The van der Waals surface area contributed by atoms with Crippen LogP contribution in [0.15, 0.2) is 0 Å². The summed E-state index contributed by atoms with van der Waals surface area (Å²) in [5, 5.41) is 12.1. The van der Waals surface area contributed by atoms with Gasteiger partial charge in [0.15, 0.2) is 0 Å². The van der Waals surface area contributed by atoms with Gasteiger partial charge in [0.05, 0.1) is 6.10 Å². The van der Waals surface area contributed by atoms with Crippen molar-refractivity contribution >= 4 is 17.7 Å². The third kappa shape index (κ3) is 2.42. The number of aliphatic hydroxyl groups excluding tert-OH is 1. The summed E-state index contributed by atoms with van der Waals surface area (Å²) in [6, 6.07) is 0. The van der Waals surface area contributed by atoms with E-state index in [-0.39, 0.29) is 17.9 Å². The summed E-state index contributed by atoms with van der Waals surface area (Å²) in [7, 11) is 0. The maximum Gasteiger partial charge on any atom is 0.223 e. The monoisotopic (exact) mass is 215 g/mol. The number of thioether (sulfide) groups is 1. The SMILES string of the molecule is O=C(NCC1CC(O)C1)C1CCSC1. The molecule has 4 heteroatoms. The topological polar surface area (TPSA) is 49.3 Å². The maximum absolute atomic E-state index is 11.6. The Kier molecular flexibility index (Phi) is 3.34. The number of hydrogen-bond donors (Lipinski definition) is 2. The van der Waals surface area contributed by atoms with Crippen molar-refractivity contribution in [2.45, 2.75) is 25.4 Å². The van der Waals surface area contributed by atoms with Crippen LogP contribution in [0.25, 0.3) is 0 Å². The minimum Gasteiger partial charge on any atom is -0.393 e. The fraction of sp³-hybridized carbons (Fsp3) is 0.900. The number of hydrogen-bond acceptors (Lipinski definition) is 3. The molecule has 0 aromatic heterocycles. The highest BCUT2D eigenvalue weighted by atomic mass is 32.2. The van der Waals surface area contributed by atoms with Crippen molar-refractivity contribution in [2.75, 3.05) is 18.1 Å². The first-order valence-corrected chi connectivity index (χ1v) is 6.44. The molecule has 0 spiro atoms. The van der Waals surface area contributed by atoms with Gasteiger partial charge in [-0.25, -0.2) is 0 Å². The van der Waals surface area contributed by atoms with Crippen molar-refractivity contribution in [3.8, 4) is 0 Å². The van der Waals surface area contributed by atoms with Gasteiger partial charge in [0.25, 0.3) is 0 Å². The van der Waals surface area contributed by atoms with Gasteiger partial charge in [0, 0.05) is 18.2 Å².